The van der Waals surface area contributed by atoms with Crippen LogP contribution in [0.2, 0.25) is 0 Å². The van der Waals surface area contributed by atoms with Gasteiger partial charge in [0.25, 0.3) is 0 Å². The van der Waals surface area contributed by atoms with Crippen molar-refractivity contribution in [3.05, 3.63) is 36.0 Å². The summed E-state index contributed by atoms with van der Waals surface area (Å²) in [6, 6.07) is -1.56. The number of nitrogens with one attached hydrogen (secondary N) is 6. The van der Waals surface area contributed by atoms with Crippen LogP contribution in [0.1, 0.15) is 52.0 Å². The number of hydrogen-bond donors (Lipinski definition) is 11. The quantitative estimate of drug-likeness (QED) is 0.0630. The van der Waals surface area contributed by atoms with Gasteiger partial charge in [0.15, 0.2) is 0 Å². The molecular formula is C32H46N8O11. The molecule has 280 valence electrons. The number of H-pyrrole nitrogens is 1. The van der Waals surface area contributed by atoms with Gasteiger partial charge in [0.05, 0.1) is 19.1 Å². The van der Waals surface area contributed by atoms with Crippen LogP contribution >= 0.6 is 0 Å². The number of para-hydroxylation sites is 1. The molecule has 0 saturated carbocycles. The number of aromatic nitrogens is 1. The molecular weight excluding hydrogens is 672 g/mol. The van der Waals surface area contributed by atoms with Crippen molar-refractivity contribution >= 4 is 58.3 Å². The number of carbonyl (C=O) groups excluding carboxylic acids is 6. The van der Waals surface area contributed by atoms with Crippen molar-refractivity contribution in [3.63, 3.8) is 0 Å². The molecule has 0 radical (unpaired) electrons. The maximum Gasteiger partial charge on any atom is 0.325 e. The first-order chi connectivity index (χ1) is 24.0. The molecule has 51 heavy (non-hydrogen) atoms. The van der Waals surface area contributed by atoms with Gasteiger partial charge in [-0.25, -0.2) is 0 Å². The summed E-state index contributed by atoms with van der Waals surface area (Å²) in [4.78, 5) is 103. The minimum Gasteiger partial charge on any atom is -0.481 e. The number of fused-ring (bicyclic) bond motifs is 1. The van der Waals surface area contributed by atoms with E-state index in [9.17, 15) is 48.6 Å². The molecule has 13 N–H and O–H groups in total. The van der Waals surface area contributed by atoms with Crippen molar-refractivity contribution in [2.75, 3.05) is 6.61 Å². The highest BCUT2D eigenvalue weighted by Crippen LogP contribution is 2.19. The predicted molar refractivity (Wildman–Crippen MR) is 180 cm³/mol. The fourth-order valence-electron chi connectivity index (χ4n) is 4.90. The predicted octanol–water partition coefficient (Wildman–Crippen LogP) is -2.66. The summed E-state index contributed by atoms with van der Waals surface area (Å²) in [6.07, 6.45) is 0.393. The molecule has 0 saturated heterocycles. The fraction of sp³-hybridized carbons (Fsp3) is 0.500. The standard InChI is InChI=1S/C32H46N8O11/c1-4-15(2)26(40-27(45)19(33)12-25(43)44)31(49)39-23(14-41)30(48)37-21(9-10-24(34)42)28(46)38-22(29(47)36-16(3)32(50)51)11-17-13-35-20-8-6-5-7-18(17)20/h5-8,13,15-16,19,21-23,26,35,41H,4,9-12,14,33H2,1-3H3,(H2,34,42)(H,36,47)(H,37,48)(H,38,46)(H,39,49)(H,40,45)(H,43,44)(H,50,51). The second-order valence-corrected chi connectivity index (χ2v) is 12.1. The van der Waals surface area contributed by atoms with Crippen LogP contribution < -0.4 is 38.1 Å². The number of amides is 6. The minimum atomic E-state index is -1.68. The van der Waals surface area contributed by atoms with Gasteiger partial charge in [0, 0.05) is 29.9 Å². The van der Waals surface area contributed by atoms with Crippen molar-refractivity contribution in [2.24, 2.45) is 17.4 Å². The maximum absolute atomic E-state index is 13.6. The molecule has 0 spiro atoms. The second-order valence-electron chi connectivity index (χ2n) is 12.1. The number of carboxylic acid groups (broad SMARTS) is 2. The number of aliphatic hydroxyl groups is 1. The van der Waals surface area contributed by atoms with Gasteiger partial charge in [0.1, 0.15) is 30.2 Å². The topological polar surface area (TPSA) is 325 Å². The smallest absolute Gasteiger partial charge is 0.325 e. The Morgan fingerprint density at radius 3 is 1.98 bits per heavy atom. The van der Waals surface area contributed by atoms with Crippen LogP contribution in [0.3, 0.4) is 0 Å². The summed E-state index contributed by atoms with van der Waals surface area (Å²) in [5, 5.41) is 40.8. The van der Waals surface area contributed by atoms with Gasteiger partial charge in [-0.05, 0) is 30.9 Å². The van der Waals surface area contributed by atoms with Gasteiger partial charge < -0.3 is 58.4 Å². The van der Waals surface area contributed by atoms with Crippen molar-refractivity contribution in [2.45, 2.75) is 89.1 Å². The summed E-state index contributed by atoms with van der Waals surface area (Å²) < 4.78 is 0. The number of primary amides is 1. The second kappa shape index (κ2) is 19.6. The summed E-state index contributed by atoms with van der Waals surface area (Å²) in [5.41, 5.74) is 12.2. The van der Waals surface area contributed by atoms with Crippen LogP contribution in [-0.4, -0.2) is 111 Å². The lowest BCUT2D eigenvalue weighted by Gasteiger charge is -2.28. The van der Waals surface area contributed by atoms with Crippen LogP contribution in [0.25, 0.3) is 10.9 Å². The van der Waals surface area contributed by atoms with Crippen LogP contribution in [0.5, 0.6) is 0 Å². The number of nitrogens with two attached hydrogens (primary N) is 2. The normalized spacial score (nSPS) is 15.2. The van der Waals surface area contributed by atoms with E-state index in [1.807, 2.05) is 0 Å². The van der Waals surface area contributed by atoms with Crippen molar-refractivity contribution < 1.29 is 53.7 Å². The number of aromatic amines is 1. The van der Waals surface area contributed by atoms with Crippen LogP contribution in [-0.2, 0) is 44.8 Å². The van der Waals surface area contributed by atoms with E-state index in [0.29, 0.717) is 12.0 Å². The SMILES string of the molecule is CCC(C)C(NC(=O)C(N)CC(=O)O)C(=O)NC(CO)C(=O)NC(CCC(N)=O)C(=O)NC(Cc1c[nH]c2ccccc12)C(=O)NC(C)C(=O)O. The number of aliphatic hydroxyl groups excluding tert-OH is 1. The first-order valence-corrected chi connectivity index (χ1v) is 16.1. The Morgan fingerprint density at radius 1 is 0.804 bits per heavy atom. The van der Waals surface area contributed by atoms with E-state index >= 15 is 0 Å². The lowest BCUT2D eigenvalue weighted by Crippen LogP contribution is -2.61. The Labute approximate surface area is 292 Å². The summed E-state index contributed by atoms with van der Waals surface area (Å²) in [6.45, 7) is 3.57. The number of hydrogen-bond acceptors (Lipinski definition) is 10. The molecule has 2 aromatic rings. The molecule has 0 bridgehead atoms. The highest BCUT2D eigenvalue weighted by Gasteiger charge is 2.34. The number of rotatable bonds is 21. The largest absolute Gasteiger partial charge is 0.481 e. The van der Waals surface area contributed by atoms with E-state index in [0.717, 1.165) is 10.9 Å². The molecule has 19 heteroatoms. The molecule has 7 unspecified atom stereocenters. The van der Waals surface area contributed by atoms with Gasteiger partial charge in [-0.3, -0.25) is 38.4 Å². The third-order valence-electron chi connectivity index (χ3n) is 8.11. The fourth-order valence-corrected chi connectivity index (χ4v) is 4.90. The lowest BCUT2D eigenvalue weighted by molar-refractivity contribution is -0.142. The molecule has 0 aliphatic carbocycles. The molecule has 0 aliphatic heterocycles. The average molecular weight is 719 g/mol. The van der Waals surface area contributed by atoms with E-state index in [-0.39, 0.29) is 12.8 Å². The zero-order valence-electron chi connectivity index (χ0n) is 28.4. The Balaban J connectivity index is 2.30. The zero-order valence-corrected chi connectivity index (χ0v) is 28.4. The highest BCUT2D eigenvalue weighted by molar-refractivity contribution is 5.97. The zero-order chi connectivity index (χ0) is 38.4. The van der Waals surface area contributed by atoms with Crippen LogP contribution in [0.15, 0.2) is 30.5 Å². The molecule has 0 fully saturated rings. The number of carbonyl (C=O) groups is 8. The monoisotopic (exact) mass is 718 g/mol. The maximum atomic E-state index is 13.6. The molecule has 1 aromatic carbocycles. The van der Waals surface area contributed by atoms with E-state index in [1.54, 1.807) is 44.3 Å². The van der Waals surface area contributed by atoms with Crippen molar-refractivity contribution in [3.8, 4) is 0 Å². The Bertz CT molecular complexity index is 1600. The lowest BCUT2D eigenvalue weighted by atomic mass is 9.97. The van der Waals surface area contributed by atoms with E-state index in [4.69, 9.17) is 16.6 Å². The van der Waals surface area contributed by atoms with Gasteiger partial charge in [-0.15, -0.1) is 0 Å². The third-order valence-corrected chi connectivity index (χ3v) is 8.11. The molecule has 2 rings (SSSR count). The summed E-state index contributed by atoms with van der Waals surface area (Å²) >= 11 is 0. The molecule has 1 heterocycles. The summed E-state index contributed by atoms with van der Waals surface area (Å²) in [5.74, 6) is -8.79. The van der Waals surface area contributed by atoms with Crippen LogP contribution in [0.4, 0.5) is 0 Å². The first kappa shape index (κ1) is 41.6. The van der Waals surface area contributed by atoms with Gasteiger partial charge in [0.2, 0.25) is 35.4 Å². The molecule has 19 nitrogen and oxygen atoms in total. The average Bonchev–Trinajstić information content (AvgIpc) is 3.48. The molecule has 7 atom stereocenters. The minimum absolute atomic E-state index is 0.113. The Hall–Kier alpha value is -5.56. The van der Waals surface area contributed by atoms with Gasteiger partial charge in [-0.1, -0.05) is 38.5 Å². The Kier molecular flexibility index (Phi) is 16.0. The molecule has 0 aliphatic rings. The number of carboxylic acids is 2. The highest BCUT2D eigenvalue weighted by atomic mass is 16.4. The van der Waals surface area contributed by atoms with E-state index < -0.39 is 109 Å². The number of aliphatic carboxylic acids is 2. The molecule has 6 amide bonds. The van der Waals surface area contributed by atoms with Crippen molar-refractivity contribution in [1.82, 2.24) is 31.6 Å². The van der Waals surface area contributed by atoms with Crippen molar-refractivity contribution in [1.29, 1.82) is 0 Å². The van der Waals surface area contributed by atoms with E-state index in [2.05, 4.69) is 31.6 Å². The molecule has 1 aromatic heterocycles. The van der Waals surface area contributed by atoms with Crippen LogP contribution in [0, 0.1) is 5.92 Å². The first-order valence-electron chi connectivity index (χ1n) is 16.1. The number of benzene rings is 1. The third kappa shape index (κ3) is 12.7. The van der Waals surface area contributed by atoms with Gasteiger partial charge in [-0.2, -0.15) is 0 Å². The van der Waals surface area contributed by atoms with Gasteiger partial charge >= 0.3 is 11.9 Å². The summed E-state index contributed by atoms with van der Waals surface area (Å²) in [7, 11) is 0. The Morgan fingerprint density at radius 2 is 1.39 bits per heavy atom. The van der Waals surface area contributed by atoms with E-state index in [1.165, 1.54) is 6.92 Å².